The maximum atomic E-state index is 13.9. The zero-order chi connectivity index (χ0) is 25.2. The Balaban J connectivity index is 1.48. The van der Waals surface area contributed by atoms with Crippen LogP contribution in [0, 0.1) is 11.3 Å². The molecule has 196 valence electrons. The highest BCUT2D eigenvalue weighted by Gasteiger charge is 2.45. The van der Waals surface area contributed by atoms with Gasteiger partial charge in [-0.15, -0.1) is 5.10 Å². The van der Waals surface area contributed by atoms with Gasteiger partial charge in [-0.2, -0.15) is 0 Å². The number of amides is 2. The minimum absolute atomic E-state index is 0.128. The fourth-order valence-corrected chi connectivity index (χ4v) is 5.38. The second-order valence-corrected chi connectivity index (χ2v) is 11.5. The second-order valence-electron chi connectivity index (χ2n) is 11.5. The van der Waals surface area contributed by atoms with Crippen molar-refractivity contribution in [3.05, 3.63) is 11.9 Å². The standard InChI is InChI=1S/C25H41N5O5/c1-25(2,3)22(30-14-20(27-28-30)17-5-6-17)24(33)29-13-19(31)12-21(29)23(32)26-18(15-34-4)11-16-7-9-35-10-8-16/h14,16-19,21-22,31H,5-13,15H2,1-4H3,(H,26,32)/t18?,19?,21?,22-/m1/s1. The first-order chi connectivity index (χ1) is 16.7. The van der Waals surface area contributed by atoms with Crippen LogP contribution in [0.15, 0.2) is 6.20 Å². The highest BCUT2D eigenvalue weighted by Crippen LogP contribution is 2.40. The van der Waals surface area contributed by atoms with E-state index in [1.807, 2.05) is 27.0 Å². The molecule has 0 radical (unpaired) electrons. The van der Waals surface area contributed by atoms with Gasteiger partial charge >= 0.3 is 0 Å². The van der Waals surface area contributed by atoms with Gasteiger partial charge in [0.1, 0.15) is 12.1 Å². The summed E-state index contributed by atoms with van der Waals surface area (Å²) >= 11 is 0. The predicted octanol–water partition coefficient (Wildman–Crippen LogP) is 1.65. The third kappa shape index (κ3) is 6.40. The van der Waals surface area contributed by atoms with Crippen LogP contribution in [0.4, 0.5) is 0 Å². The van der Waals surface area contributed by atoms with Gasteiger partial charge in [0.15, 0.2) is 0 Å². The lowest BCUT2D eigenvalue weighted by Crippen LogP contribution is -2.53. The van der Waals surface area contributed by atoms with E-state index in [1.165, 1.54) is 4.90 Å². The summed E-state index contributed by atoms with van der Waals surface area (Å²) < 4.78 is 12.5. The summed E-state index contributed by atoms with van der Waals surface area (Å²) in [5.74, 6) is 0.442. The topological polar surface area (TPSA) is 119 Å². The van der Waals surface area contributed by atoms with Crippen LogP contribution >= 0.6 is 0 Å². The number of aliphatic hydroxyl groups excluding tert-OH is 1. The van der Waals surface area contributed by atoms with Crippen molar-refractivity contribution in [1.82, 2.24) is 25.2 Å². The van der Waals surface area contributed by atoms with E-state index in [0.717, 1.165) is 51.0 Å². The fraction of sp³-hybridized carbons (Fsp3) is 0.840. The first-order valence-corrected chi connectivity index (χ1v) is 12.9. The average molecular weight is 492 g/mol. The number of likely N-dealkylation sites (tertiary alicyclic amines) is 1. The Morgan fingerprint density at radius 3 is 2.60 bits per heavy atom. The Morgan fingerprint density at radius 2 is 1.97 bits per heavy atom. The number of β-amino-alcohol motifs (C(OH)–C–C–N with tert-alkyl or cyclic N) is 1. The van der Waals surface area contributed by atoms with Gasteiger partial charge in [0.05, 0.1) is 24.4 Å². The van der Waals surface area contributed by atoms with Gasteiger partial charge in [0.2, 0.25) is 11.8 Å². The molecule has 35 heavy (non-hydrogen) atoms. The van der Waals surface area contributed by atoms with Crippen LogP contribution in [-0.4, -0.2) is 88.5 Å². The van der Waals surface area contributed by atoms with E-state index >= 15 is 0 Å². The molecule has 2 aliphatic heterocycles. The van der Waals surface area contributed by atoms with Gasteiger partial charge < -0.3 is 24.8 Å². The van der Waals surface area contributed by atoms with E-state index in [4.69, 9.17) is 9.47 Å². The number of nitrogens with zero attached hydrogens (tertiary/aromatic N) is 4. The molecule has 0 aromatic carbocycles. The van der Waals surface area contributed by atoms with E-state index in [1.54, 1.807) is 11.8 Å². The SMILES string of the molecule is COCC(CC1CCOCC1)NC(=O)C1CC(O)CN1C(=O)[C@@H](n1cc(C2CC2)nn1)C(C)(C)C. The predicted molar refractivity (Wildman–Crippen MR) is 129 cm³/mol. The van der Waals surface area contributed by atoms with Gasteiger partial charge in [0.25, 0.3) is 0 Å². The summed E-state index contributed by atoms with van der Waals surface area (Å²) in [4.78, 5) is 28.8. The molecule has 2 amide bonds. The van der Waals surface area contributed by atoms with E-state index < -0.39 is 23.6 Å². The maximum absolute atomic E-state index is 13.9. The van der Waals surface area contributed by atoms with Gasteiger partial charge in [-0.25, -0.2) is 4.68 Å². The molecule has 1 saturated carbocycles. The van der Waals surface area contributed by atoms with E-state index in [9.17, 15) is 14.7 Å². The Labute approximate surface area is 207 Å². The summed E-state index contributed by atoms with van der Waals surface area (Å²) in [5, 5.41) is 22.2. The highest BCUT2D eigenvalue weighted by molar-refractivity contribution is 5.90. The molecule has 1 aromatic rings. The Morgan fingerprint density at radius 1 is 1.26 bits per heavy atom. The quantitative estimate of drug-likeness (QED) is 0.539. The zero-order valence-corrected chi connectivity index (χ0v) is 21.5. The number of carbonyl (C=O) groups is 2. The molecule has 3 heterocycles. The first kappa shape index (κ1) is 26.0. The third-order valence-corrected chi connectivity index (χ3v) is 7.38. The minimum atomic E-state index is -0.746. The summed E-state index contributed by atoms with van der Waals surface area (Å²) in [6.07, 6.45) is 6.29. The van der Waals surface area contributed by atoms with Crippen molar-refractivity contribution in [2.75, 3.05) is 33.5 Å². The van der Waals surface area contributed by atoms with Crippen molar-refractivity contribution in [3.8, 4) is 0 Å². The monoisotopic (exact) mass is 491 g/mol. The van der Waals surface area contributed by atoms with Crippen LogP contribution in [0.5, 0.6) is 0 Å². The minimum Gasteiger partial charge on any atom is -0.391 e. The van der Waals surface area contributed by atoms with Crippen LogP contribution in [0.3, 0.4) is 0 Å². The van der Waals surface area contributed by atoms with Crippen LogP contribution in [-0.2, 0) is 19.1 Å². The molecule has 2 saturated heterocycles. The van der Waals surface area contributed by atoms with Crippen LogP contribution in [0.2, 0.25) is 0 Å². The maximum Gasteiger partial charge on any atom is 0.248 e. The molecule has 10 heteroatoms. The number of carbonyl (C=O) groups excluding carboxylic acids is 2. The largest absolute Gasteiger partial charge is 0.391 e. The van der Waals surface area contributed by atoms with Crippen molar-refractivity contribution < 1.29 is 24.2 Å². The number of methoxy groups -OCH3 is 1. The fourth-order valence-electron chi connectivity index (χ4n) is 5.38. The average Bonchev–Trinajstić information content (AvgIpc) is 3.40. The molecular formula is C25H41N5O5. The molecule has 0 spiro atoms. The molecule has 4 atom stereocenters. The highest BCUT2D eigenvalue weighted by atomic mass is 16.5. The Bertz CT molecular complexity index is 874. The molecule has 1 aromatic heterocycles. The van der Waals surface area contributed by atoms with Gasteiger partial charge in [-0.3, -0.25) is 9.59 Å². The summed E-state index contributed by atoms with van der Waals surface area (Å²) in [7, 11) is 1.63. The van der Waals surface area contributed by atoms with Crippen LogP contribution < -0.4 is 5.32 Å². The number of hydrogen-bond acceptors (Lipinski definition) is 7. The van der Waals surface area contributed by atoms with E-state index in [0.29, 0.717) is 18.4 Å². The van der Waals surface area contributed by atoms with Crippen LogP contribution in [0.25, 0.3) is 0 Å². The first-order valence-electron chi connectivity index (χ1n) is 12.9. The molecule has 3 aliphatic rings. The molecule has 3 fully saturated rings. The Kier molecular flexibility index (Phi) is 8.12. The van der Waals surface area contributed by atoms with E-state index in [-0.39, 0.29) is 30.8 Å². The lowest BCUT2D eigenvalue weighted by atomic mass is 9.85. The smallest absolute Gasteiger partial charge is 0.248 e. The van der Waals surface area contributed by atoms with Gasteiger partial charge in [-0.05, 0) is 43.4 Å². The number of nitrogens with one attached hydrogen (secondary N) is 1. The van der Waals surface area contributed by atoms with E-state index in [2.05, 4.69) is 15.6 Å². The van der Waals surface area contributed by atoms with Crippen molar-refractivity contribution in [2.24, 2.45) is 11.3 Å². The lowest BCUT2D eigenvalue weighted by molar-refractivity contribution is -0.144. The number of aliphatic hydroxyl groups is 1. The lowest BCUT2D eigenvalue weighted by Gasteiger charge is -2.35. The second kappa shape index (κ2) is 10.9. The van der Waals surface area contributed by atoms with Crippen LogP contribution in [0.1, 0.15) is 76.9 Å². The number of rotatable bonds is 9. The number of ether oxygens (including phenoxy) is 2. The summed E-state index contributed by atoms with van der Waals surface area (Å²) in [6.45, 7) is 7.97. The molecule has 4 rings (SSSR count). The number of hydrogen-bond donors (Lipinski definition) is 2. The van der Waals surface area contributed by atoms with Crippen molar-refractivity contribution in [3.63, 3.8) is 0 Å². The number of aromatic nitrogens is 3. The molecular weight excluding hydrogens is 450 g/mol. The molecule has 1 aliphatic carbocycles. The Hall–Kier alpha value is -2.04. The third-order valence-electron chi connectivity index (χ3n) is 7.38. The van der Waals surface area contributed by atoms with Crippen molar-refractivity contribution >= 4 is 11.8 Å². The van der Waals surface area contributed by atoms with Gasteiger partial charge in [-0.1, -0.05) is 26.0 Å². The zero-order valence-electron chi connectivity index (χ0n) is 21.5. The molecule has 0 bridgehead atoms. The summed E-state index contributed by atoms with van der Waals surface area (Å²) in [5.41, 5.74) is 0.459. The molecule has 3 unspecified atom stereocenters. The normalized spacial score (nSPS) is 25.5. The van der Waals surface area contributed by atoms with Crippen molar-refractivity contribution in [2.45, 2.75) is 89.4 Å². The van der Waals surface area contributed by atoms with Gasteiger partial charge in [0, 0.05) is 45.4 Å². The van der Waals surface area contributed by atoms with Crippen molar-refractivity contribution in [1.29, 1.82) is 0 Å². The molecule has 2 N–H and O–H groups in total. The molecule has 10 nitrogen and oxygen atoms in total. The summed E-state index contributed by atoms with van der Waals surface area (Å²) in [6, 6.07) is -1.51.